The lowest BCUT2D eigenvalue weighted by Gasteiger charge is -2.34. The highest BCUT2D eigenvalue weighted by Crippen LogP contribution is 2.45. The second-order valence-corrected chi connectivity index (χ2v) is 34.4. The molecule has 4 aliphatic rings. The van der Waals surface area contributed by atoms with Crippen molar-refractivity contribution in [1.29, 1.82) is 0 Å². The number of nitrogens with zero attached hydrogens (tertiary/aromatic N) is 4. The molecule has 0 saturated heterocycles. The van der Waals surface area contributed by atoms with Gasteiger partial charge in [-0.05, 0) is 392 Å². The zero-order chi connectivity index (χ0) is 84.3. The van der Waals surface area contributed by atoms with E-state index in [-0.39, 0.29) is 71.1 Å². The number of aromatic nitrogens is 4. The van der Waals surface area contributed by atoms with E-state index in [1.165, 1.54) is 46.5 Å². The Balaban J connectivity index is 0.000000138. The molecule has 0 aliphatic heterocycles. The highest BCUT2D eigenvalue weighted by atomic mass is 35.5. The van der Waals surface area contributed by atoms with E-state index in [1.807, 2.05) is 49.1 Å². The number of carbonyl (C=O) groups is 4. The number of nitrogens with one attached hydrogen (secondary N) is 4. The summed E-state index contributed by atoms with van der Waals surface area (Å²) in [4.78, 5) is 68.1. The van der Waals surface area contributed by atoms with Crippen LogP contribution in [-0.2, 0) is 0 Å². The van der Waals surface area contributed by atoms with Crippen molar-refractivity contribution in [1.82, 2.24) is 41.2 Å². The minimum atomic E-state index is -0.221. The predicted octanol–water partition coefficient (Wildman–Crippen LogP) is 26.0. The van der Waals surface area contributed by atoms with Crippen LogP contribution in [0.15, 0.2) is 219 Å². The topological polar surface area (TPSA) is 168 Å². The van der Waals surface area contributed by atoms with Gasteiger partial charge >= 0.3 is 0 Å². The van der Waals surface area contributed by atoms with Crippen LogP contribution in [-0.4, -0.2) is 67.7 Å². The average Bonchev–Trinajstić information content (AvgIpc) is 0.806. The Morgan fingerprint density at radius 1 is 0.283 bits per heavy atom. The molecule has 120 heavy (non-hydrogen) atoms. The third kappa shape index (κ3) is 22.7. The van der Waals surface area contributed by atoms with Crippen LogP contribution in [0.4, 0.5) is 17.6 Å². The van der Waals surface area contributed by atoms with Crippen molar-refractivity contribution < 1.29 is 36.7 Å². The van der Waals surface area contributed by atoms with Gasteiger partial charge in [-0.2, -0.15) is 0 Å². The summed E-state index contributed by atoms with van der Waals surface area (Å²) in [6.07, 6.45) is 27.5. The van der Waals surface area contributed by atoms with E-state index < -0.39 is 0 Å². The van der Waals surface area contributed by atoms with Gasteiger partial charge in [-0.15, -0.1) is 0 Å². The zero-order valence-electron chi connectivity index (χ0n) is 68.3. The fourth-order valence-electron chi connectivity index (χ4n) is 18.9. The van der Waals surface area contributed by atoms with Gasteiger partial charge in [-0.3, -0.25) is 39.1 Å². The van der Waals surface area contributed by atoms with Crippen LogP contribution in [0.3, 0.4) is 0 Å². The van der Waals surface area contributed by atoms with E-state index in [2.05, 4.69) is 68.9 Å². The van der Waals surface area contributed by atoms with Gasteiger partial charge in [0.05, 0.1) is 22.1 Å². The number of carbonyl (C=O) groups excluding carboxylic acids is 4. The molecule has 20 heteroatoms. The first-order valence-electron chi connectivity index (χ1n) is 42.6. The average molecular weight is 1700 g/mol. The van der Waals surface area contributed by atoms with E-state index in [9.17, 15) is 36.7 Å². The lowest BCUT2D eigenvalue weighted by atomic mass is 9.75. The second-order valence-electron chi connectivity index (χ2n) is 32.7. The largest absolute Gasteiger partial charge is 0.349 e. The number of benzene rings is 8. The molecule has 0 radical (unpaired) electrons. The molecular weight excluding hydrogens is 1590 g/mol. The molecule has 4 atom stereocenters. The molecule has 4 amide bonds. The molecule has 12 nitrogen and oxygen atoms in total. The monoisotopic (exact) mass is 1700 g/mol. The van der Waals surface area contributed by atoms with Crippen LogP contribution in [0.1, 0.15) is 243 Å². The second kappa shape index (κ2) is 42.1. The Hall–Kier alpha value is -9.84. The third-order valence-electron chi connectivity index (χ3n) is 25.5. The SMILES string of the molecule is CC[C@@H](NC(=O)c1ccc(Cl)cc1)C1CCC(c2ccnc3ccc(F)cc23)CC1.CC[C@@H](NC(=O)c1ccc(Cl)cc1)C1CCC(c2ccnc3ccc(F)cc23)CC1.CC[C@H](NC(=O)c1ccc(Cl)cc1)C1CCC(c2ccnc3ccc(F)cc23)CC1.CC[C@H](NC(=O)c1ccc(Cl)cc1)C1CCC(c2ccnc3ccc(F)cc23)CC1. The molecule has 16 rings (SSSR count). The molecule has 624 valence electrons. The Morgan fingerprint density at radius 2 is 0.467 bits per heavy atom. The summed E-state index contributed by atoms with van der Waals surface area (Å²) in [6.45, 7) is 8.49. The smallest absolute Gasteiger partial charge is 0.251 e. The van der Waals surface area contributed by atoms with Crippen molar-refractivity contribution in [3.05, 3.63) is 307 Å². The first-order valence-corrected chi connectivity index (χ1v) is 44.1. The normalized spacial score (nSPS) is 20.1. The van der Waals surface area contributed by atoms with Crippen LogP contribution in [0.2, 0.25) is 20.1 Å². The van der Waals surface area contributed by atoms with Gasteiger partial charge in [0.15, 0.2) is 0 Å². The van der Waals surface area contributed by atoms with Crippen molar-refractivity contribution in [2.24, 2.45) is 23.7 Å². The molecule has 4 fully saturated rings. The van der Waals surface area contributed by atoms with Crippen LogP contribution in [0, 0.1) is 46.9 Å². The standard InChI is InChI=1S/4C25H26ClFN2O/c4*1-2-23(29-25(30)18-7-9-19(26)10-8-18)17-5-3-16(4-6-17)21-13-14-28-24-12-11-20(27)15-22(21)24/h4*7-17,23H,2-6H2,1H3,(H,29,30)/t4*16?,17?,23-/m1100/s1. The lowest BCUT2D eigenvalue weighted by Crippen LogP contribution is -2.41. The maximum absolute atomic E-state index is 13.8. The Morgan fingerprint density at radius 3 is 0.642 bits per heavy atom. The van der Waals surface area contributed by atoms with Crippen molar-refractivity contribution in [2.45, 2.75) is 204 Å². The summed E-state index contributed by atoms with van der Waals surface area (Å²) >= 11 is 23.7. The van der Waals surface area contributed by atoms with Crippen molar-refractivity contribution in [2.75, 3.05) is 0 Å². The lowest BCUT2D eigenvalue weighted by molar-refractivity contribution is 0.0901. The summed E-state index contributed by atoms with van der Waals surface area (Å²) in [5, 5.41) is 19.1. The molecule has 4 saturated carbocycles. The third-order valence-corrected chi connectivity index (χ3v) is 26.5. The summed E-state index contributed by atoms with van der Waals surface area (Å²) in [7, 11) is 0. The van der Waals surface area contributed by atoms with E-state index in [4.69, 9.17) is 46.4 Å². The summed E-state index contributed by atoms with van der Waals surface area (Å²) in [6, 6.07) is 56.0. The molecule has 4 N–H and O–H groups in total. The molecule has 0 unspecified atom stereocenters. The van der Waals surface area contributed by atoms with Crippen LogP contribution in [0.5, 0.6) is 0 Å². The Kier molecular flexibility index (Phi) is 30.9. The molecule has 12 aromatic rings. The fourth-order valence-corrected chi connectivity index (χ4v) is 19.4. The molecule has 0 spiro atoms. The summed E-state index contributed by atoms with van der Waals surface area (Å²) < 4.78 is 55.2. The molecular formula is C100H104Cl4F4N8O4. The van der Waals surface area contributed by atoms with Crippen LogP contribution >= 0.6 is 46.4 Å². The van der Waals surface area contributed by atoms with Gasteiger partial charge in [0.25, 0.3) is 23.6 Å². The minimum absolute atomic E-state index is 0.0451. The van der Waals surface area contributed by atoms with Crippen LogP contribution < -0.4 is 21.3 Å². The first kappa shape index (κ1) is 88.0. The fraction of sp³-hybridized carbons (Fsp3) is 0.360. The number of rotatable bonds is 20. The van der Waals surface area contributed by atoms with Crippen molar-refractivity contribution in [3.63, 3.8) is 0 Å². The molecule has 4 heterocycles. The van der Waals surface area contributed by atoms with Gasteiger partial charge in [0, 0.05) is 113 Å². The molecule has 8 aromatic carbocycles. The van der Waals surface area contributed by atoms with E-state index in [1.54, 1.807) is 146 Å². The maximum Gasteiger partial charge on any atom is 0.251 e. The summed E-state index contributed by atoms with van der Waals surface area (Å²) in [5.74, 6) is 2.34. The number of hydrogen-bond donors (Lipinski definition) is 4. The van der Waals surface area contributed by atoms with Gasteiger partial charge in [-0.1, -0.05) is 74.1 Å². The molecule has 4 aliphatic carbocycles. The van der Waals surface area contributed by atoms with Gasteiger partial charge in [0.2, 0.25) is 0 Å². The van der Waals surface area contributed by atoms with Crippen molar-refractivity contribution >= 4 is 114 Å². The predicted molar refractivity (Wildman–Crippen MR) is 478 cm³/mol. The number of hydrogen-bond acceptors (Lipinski definition) is 8. The number of fused-ring (bicyclic) bond motifs is 4. The quantitative estimate of drug-likeness (QED) is 0.0547. The van der Waals surface area contributed by atoms with Gasteiger partial charge in [-0.25, -0.2) is 17.6 Å². The Labute approximate surface area is 721 Å². The highest BCUT2D eigenvalue weighted by molar-refractivity contribution is 6.31. The maximum atomic E-state index is 13.8. The van der Waals surface area contributed by atoms with E-state index in [0.29, 0.717) is 89.7 Å². The van der Waals surface area contributed by atoms with Gasteiger partial charge < -0.3 is 21.3 Å². The molecule has 0 bridgehead atoms. The molecule has 4 aromatic heterocycles. The van der Waals surface area contributed by atoms with Crippen molar-refractivity contribution in [3.8, 4) is 0 Å². The minimum Gasteiger partial charge on any atom is -0.349 e. The van der Waals surface area contributed by atoms with E-state index >= 15 is 0 Å². The van der Waals surface area contributed by atoms with Gasteiger partial charge in [0.1, 0.15) is 23.3 Å². The number of halogens is 8. The number of amides is 4. The van der Waals surface area contributed by atoms with Crippen LogP contribution in [0.25, 0.3) is 43.6 Å². The van der Waals surface area contributed by atoms with E-state index in [0.717, 1.165) is 172 Å². The highest BCUT2D eigenvalue weighted by Gasteiger charge is 2.35. The number of pyridine rings is 4. The summed E-state index contributed by atoms with van der Waals surface area (Å²) in [5.41, 5.74) is 10.7. The first-order chi connectivity index (χ1) is 58.2. The zero-order valence-corrected chi connectivity index (χ0v) is 71.3. The Bertz CT molecular complexity index is 4790.